The van der Waals surface area contributed by atoms with Gasteiger partial charge in [0.25, 0.3) is 0 Å². The van der Waals surface area contributed by atoms with E-state index in [0.717, 1.165) is 35.3 Å². The van der Waals surface area contributed by atoms with Crippen LogP contribution in [-0.2, 0) is 6.54 Å². The molecule has 3 rings (SSSR count). The fourth-order valence-electron chi connectivity index (χ4n) is 3.36. The van der Waals surface area contributed by atoms with Crippen molar-refractivity contribution < 1.29 is 4.79 Å². The minimum atomic E-state index is 0.103. The average molecular weight is 348 g/mol. The number of rotatable bonds is 3. The number of carbonyl (C=O) groups is 1. The number of Topliss-reactive ketones (excluding diaryl/α,β-unsaturated/α-hetero) is 1. The summed E-state index contributed by atoms with van der Waals surface area (Å²) in [6, 6.07) is 11.7. The predicted molar refractivity (Wildman–Crippen MR) is 95.7 cm³/mol. The van der Waals surface area contributed by atoms with Crippen molar-refractivity contribution >= 4 is 29.0 Å². The lowest BCUT2D eigenvalue weighted by molar-refractivity contribution is 0.0986. The third-order valence-electron chi connectivity index (χ3n) is 4.45. The van der Waals surface area contributed by atoms with E-state index in [2.05, 4.69) is 11.9 Å². The van der Waals surface area contributed by atoms with Gasteiger partial charge >= 0.3 is 0 Å². The fourth-order valence-corrected chi connectivity index (χ4v) is 3.93. The minimum absolute atomic E-state index is 0.103. The van der Waals surface area contributed by atoms with Crippen molar-refractivity contribution in [3.05, 3.63) is 68.7 Å². The van der Waals surface area contributed by atoms with E-state index in [0.29, 0.717) is 16.5 Å². The summed E-state index contributed by atoms with van der Waals surface area (Å²) < 4.78 is 0. The van der Waals surface area contributed by atoms with E-state index in [-0.39, 0.29) is 11.7 Å². The van der Waals surface area contributed by atoms with Gasteiger partial charge in [-0.2, -0.15) is 0 Å². The number of carbonyl (C=O) groups excluding carboxylic acids is 1. The van der Waals surface area contributed by atoms with Gasteiger partial charge in [0.05, 0.1) is 0 Å². The van der Waals surface area contributed by atoms with Crippen LogP contribution in [0.1, 0.15) is 46.3 Å². The van der Waals surface area contributed by atoms with Gasteiger partial charge in [-0.25, -0.2) is 0 Å². The van der Waals surface area contributed by atoms with Gasteiger partial charge < -0.3 is 4.90 Å². The Kier molecular flexibility index (Phi) is 4.77. The van der Waals surface area contributed by atoms with Crippen molar-refractivity contribution in [3.8, 4) is 0 Å². The largest absolute Gasteiger partial charge is 0.301 e. The molecule has 2 aromatic rings. The molecule has 2 nitrogen and oxygen atoms in total. The van der Waals surface area contributed by atoms with Gasteiger partial charge in [-0.05, 0) is 35.9 Å². The molecule has 23 heavy (non-hydrogen) atoms. The molecular formula is C19H19Cl2NO. The zero-order chi connectivity index (χ0) is 16.6. The lowest BCUT2D eigenvalue weighted by Crippen LogP contribution is -2.32. The Labute approximate surface area is 147 Å². The highest BCUT2D eigenvalue weighted by Gasteiger charge is 2.29. The second-order valence-corrected chi connectivity index (χ2v) is 6.91. The highest BCUT2D eigenvalue weighted by molar-refractivity contribution is 6.35. The van der Waals surface area contributed by atoms with Crippen LogP contribution >= 0.6 is 23.2 Å². The fraction of sp³-hybridized carbons (Fsp3) is 0.316. The molecule has 0 saturated heterocycles. The quantitative estimate of drug-likeness (QED) is 0.714. The Morgan fingerprint density at radius 2 is 1.96 bits per heavy atom. The Hall–Kier alpha value is -1.35. The minimum Gasteiger partial charge on any atom is -0.301 e. The summed E-state index contributed by atoms with van der Waals surface area (Å²) in [5.74, 6) is 0.273. The number of nitrogens with zero attached hydrogens (tertiary/aromatic N) is 1. The Morgan fingerprint density at radius 3 is 2.70 bits per heavy atom. The molecule has 0 bridgehead atoms. The molecule has 0 fully saturated rings. The molecule has 2 aromatic carbocycles. The van der Waals surface area contributed by atoms with Crippen molar-refractivity contribution in [2.24, 2.45) is 0 Å². The van der Waals surface area contributed by atoms with Crippen molar-refractivity contribution in [1.82, 2.24) is 4.90 Å². The molecule has 0 spiro atoms. The van der Waals surface area contributed by atoms with E-state index < -0.39 is 0 Å². The molecule has 0 aromatic heterocycles. The summed E-state index contributed by atoms with van der Waals surface area (Å²) in [5, 5.41) is 1.34. The topological polar surface area (TPSA) is 20.3 Å². The summed E-state index contributed by atoms with van der Waals surface area (Å²) in [7, 11) is 2.07. The molecule has 1 aliphatic heterocycles. The van der Waals surface area contributed by atoms with E-state index in [1.165, 1.54) is 0 Å². The molecule has 0 N–H and O–H groups in total. The predicted octanol–water partition coefficient (Wildman–Crippen LogP) is 5.16. The van der Waals surface area contributed by atoms with Crippen molar-refractivity contribution in [2.45, 2.75) is 25.8 Å². The maximum absolute atomic E-state index is 12.3. The van der Waals surface area contributed by atoms with E-state index in [4.69, 9.17) is 23.2 Å². The van der Waals surface area contributed by atoms with Crippen LogP contribution in [-0.4, -0.2) is 24.3 Å². The maximum Gasteiger partial charge on any atom is 0.162 e. The first-order valence-electron chi connectivity index (χ1n) is 7.79. The van der Waals surface area contributed by atoms with Gasteiger partial charge in [0.1, 0.15) is 0 Å². The van der Waals surface area contributed by atoms with E-state index in [9.17, 15) is 4.79 Å². The number of ketones is 1. The molecule has 1 heterocycles. The van der Waals surface area contributed by atoms with Gasteiger partial charge in [-0.15, -0.1) is 0 Å². The average Bonchev–Trinajstić information content (AvgIpc) is 2.54. The van der Waals surface area contributed by atoms with E-state index >= 15 is 0 Å². The molecule has 0 radical (unpaired) electrons. The van der Waals surface area contributed by atoms with Crippen LogP contribution in [0.15, 0.2) is 36.4 Å². The second-order valence-electron chi connectivity index (χ2n) is 6.07. The van der Waals surface area contributed by atoms with Gasteiger partial charge in [0.2, 0.25) is 0 Å². The number of likely N-dealkylation sites (N-methyl/N-ethyl adjacent to an activating group) is 1. The highest BCUT2D eigenvalue weighted by Crippen LogP contribution is 2.39. The second kappa shape index (κ2) is 6.64. The van der Waals surface area contributed by atoms with E-state index in [1.807, 2.05) is 37.3 Å². The summed E-state index contributed by atoms with van der Waals surface area (Å²) >= 11 is 12.7. The van der Waals surface area contributed by atoms with Crippen molar-refractivity contribution in [1.29, 1.82) is 0 Å². The van der Waals surface area contributed by atoms with Crippen LogP contribution in [0.3, 0.4) is 0 Å². The smallest absolute Gasteiger partial charge is 0.162 e. The monoisotopic (exact) mass is 347 g/mol. The lowest BCUT2D eigenvalue weighted by Gasteiger charge is -2.34. The normalized spacial score (nSPS) is 17.8. The molecule has 1 atom stereocenters. The summed E-state index contributed by atoms with van der Waals surface area (Å²) in [5.41, 5.74) is 4.10. The molecule has 1 unspecified atom stereocenters. The molecule has 4 heteroatoms. The standard InChI is InChI=1S/C19H19Cl2NO/c1-3-19(23)14-7-5-4-6-13(14)16-10-22(2)11-17-15(16)8-12(20)9-18(17)21/h4-9,16H,3,10-11H2,1-2H3. The number of hydrogen-bond acceptors (Lipinski definition) is 2. The van der Waals surface area contributed by atoms with Crippen LogP contribution in [0.25, 0.3) is 0 Å². The SMILES string of the molecule is CCC(=O)c1ccccc1C1CN(C)Cc2c(Cl)cc(Cl)cc21. The van der Waals surface area contributed by atoms with Crippen LogP contribution < -0.4 is 0 Å². The van der Waals surface area contributed by atoms with Crippen LogP contribution in [0.2, 0.25) is 10.0 Å². The zero-order valence-electron chi connectivity index (χ0n) is 13.3. The maximum atomic E-state index is 12.3. The van der Waals surface area contributed by atoms with Gasteiger partial charge in [-0.1, -0.05) is 54.4 Å². The first-order valence-corrected chi connectivity index (χ1v) is 8.55. The number of fused-ring (bicyclic) bond motifs is 1. The van der Waals surface area contributed by atoms with Crippen LogP contribution in [0.4, 0.5) is 0 Å². The van der Waals surface area contributed by atoms with Gasteiger partial charge in [0, 0.05) is 41.0 Å². The molecular weight excluding hydrogens is 329 g/mol. The van der Waals surface area contributed by atoms with Gasteiger partial charge in [-0.3, -0.25) is 4.79 Å². The summed E-state index contributed by atoms with van der Waals surface area (Å²) in [6.07, 6.45) is 0.503. The number of hydrogen-bond donors (Lipinski definition) is 0. The van der Waals surface area contributed by atoms with Gasteiger partial charge in [0.15, 0.2) is 5.78 Å². The highest BCUT2D eigenvalue weighted by atomic mass is 35.5. The molecule has 0 amide bonds. The number of benzene rings is 2. The van der Waals surface area contributed by atoms with Crippen molar-refractivity contribution in [3.63, 3.8) is 0 Å². The summed E-state index contributed by atoms with van der Waals surface area (Å²) in [6.45, 7) is 3.54. The van der Waals surface area contributed by atoms with Crippen LogP contribution in [0, 0.1) is 0 Å². The first kappa shape index (κ1) is 16.5. The molecule has 0 aliphatic carbocycles. The molecule has 1 aliphatic rings. The summed E-state index contributed by atoms with van der Waals surface area (Å²) in [4.78, 5) is 14.6. The Balaban J connectivity index is 2.18. The third-order valence-corrected chi connectivity index (χ3v) is 5.01. The van der Waals surface area contributed by atoms with E-state index in [1.54, 1.807) is 6.07 Å². The Bertz CT molecular complexity index is 757. The lowest BCUT2D eigenvalue weighted by atomic mass is 9.82. The Morgan fingerprint density at radius 1 is 1.22 bits per heavy atom. The zero-order valence-corrected chi connectivity index (χ0v) is 14.8. The molecule has 0 saturated carbocycles. The third kappa shape index (κ3) is 3.16. The van der Waals surface area contributed by atoms with Crippen molar-refractivity contribution in [2.75, 3.05) is 13.6 Å². The first-order chi connectivity index (χ1) is 11.0. The number of halogens is 2. The molecule has 120 valence electrons. The van der Waals surface area contributed by atoms with Crippen LogP contribution in [0.5, 0.6) is 0 Å².